The van der Waals surface area contributed by atoms with Gasteiger partial charge in [0.25, 0.3) is 0 Å². The van der Waals surface area contributed by atoms with E-state index in [1.165, 1.54) is 13.0 Å². The van der Waals surface area contributed by atoms with Crippen LogP contribution in [0.3, 0.4) is 0 Å². The summed E-state index contributed by atoms with van der Waals surface area (Å²) in [6.45, 7) is 6.30. The van der Waals surface area contributed by atoms with Crippen molar-refractivity contribution in [3.05, 3.63) is 54.7 Å². The summed E-state index contributed by atoms with van der Waals surface area (Å²) in [5.74, 6) is 1.28. The second-order valence-electron chi connectivity index (χ2n) is 7.50. The van der Waals surface area contributed by atoms with Crippen LogP contribution in [0, 0.1) is 11.8 Å². The number of quaternary nitrogens is 1. The topological polar surface area (TPSA) is 33.1 Å². The lowest BCUT2D eigenvalue weighted by Crippen LogP contribution is -2.66. The van der Waals surface area contributed by atoms with Gasteiger partial charge in [-0.1, -0.05) is 24.3 Å². The fraction of sp³-hybridized carbons (Fsp3) is 0.450. The summed E-state index contributed by atoms with van der Waals surface area (Å²) < 4.78 is 0.963. The van der Waals surface area contributed by atoms with E-state index in [0.29, 0.717) is 11.8 Å². The van der Waals surface area contributed by atoms with E-state index < -0.39 is 6.10 Å². The first-order chi connectivity index (χ1) is 11.1. The average Bonchev–Trinajstić information content (AvgIpc) is 2.60. The Balaban J connectivity index is 1.72. The first-order valence-corrected chi connectivity index (χ1v) is 8.61. The molecule has 3 aliphatic heterocycles. The molecule has 1 aromatic carbocycles. The molecule has 3 fully saturated rings. The van der Waals surface area contributed by atoms with Crippen LogP contribution < -0.4 is 0 Å². The number of rotatable bonds is 3. The molecule has 1 aromatic heterocycles. The van der Waals surface area contributed by atoms with Crippen molar-refractivity contribution in [3.8, 4) is 0 Å². The molecule has 3 aliphatic rings. The summed E-state index contributed by atoms with van der Waals surface area (Å²) in [5, 5.41) is 12.3. The van der Waals surface area contributed by atoms with Gasteiger partial charge in [0.1, 0.15) is 12.1 Å². The van der Waals surface area contributed by atoms with Crippen LogP contribution in [-0.4, -0.2) is 40.8 Å². The third-order valence-corrected chi connectivity index (χ3v) is 6.26. The van der Waals surface area contributed by atoms with Gasteiger partial charge in [0.2, 0.25) is 0 Å². The van der Waals surface area contributed by atoms with Crippen molar-refractivity contribution in [2.75, 3.05) is 20.1 Å². The Hall–Kier alpha value is -1.71. The molecule has 2 bridgehead atoms. The molecule has 0 spiro atoms. The van der Waals surface area contributed by atoms with Crippen molar-refractivity contribution in [1.29, 1.82) is 0 Å². The fourth-order valence-corrected chi connectivity index (χ4v) is 4.88. The highest BCUT2D eigenvalue weighted by atomic mass is 16.3. The molecule has 1 N–H and O–H groups in total. The van der Waals surface area contributed by atoms with Gasteiger partial charge < -0.3 is 9.59 Å². The van der Waals surface area contributed by atoms with Gasteiger partial charge in [-0.05, 0) is 23.6 Å². The van der Waals surface area contributed by atoms with Gasteiger partial charge in [-0.15, -0.1) is 6.58 Å². The number of para-hydroxylation sites is 1. The van der Waals surface area contributed by atoms with Gasteiger partial charge in [0.05, 0.1) is 25.7 Å². The zero-order chi connectivity index (χ0) is 16.0. The molecule has 3 nitrogen and oxygen atoms in total. The molecule has 23 heavy (non-hydrogen) atoms. The Kier molecular flexibility index (Phi) is 3.51. The van der Waals surface area contributed by atoms with Crippen molar-refractivity contribution in [2.24, 2.45) is 11.8 Å². The van der Waals surface area contributed by atoms with Gasteiger partial charge >= 0.3 is 0 Å². The van der Waals surface area contributed by atoms with E-state index >= 15 is 0 Å². The van der Waals surface area contributed by atoms with Gasteiger partial charge in [0.15, 0.2) is 0 Å². The Labute approximate surface area is 137 Å². The number of fused-ring (bicyclic) bond motifs is 4. The van der Waals surface area contributed by atoms with Crippen molar-refractivity contribution >= 4 is 10.9 Å². The highest BCUT2D eigenvalue weighted by Crippen LogP contribution is 2.45. The largest absolute Gasteiger partial charge is 0.382 e. The second kappa shape index (κ2) is 5.43. The lowest BCUT2D eigenvalue weighted by atomic mass is 9.72. The molecule has 0 saturated carbocycles. The van der Waals surface area contributed by atoms with E-state index in [2.05, 4.69) is 30.8 Å². The highest BCUT2D eigenvalue weighted by Gasteiger charge is 2.51. The molecule has 120 valence electrons. The van der Waals surface area contributed by atoms with Crippen LogP contribution in [0.15, 0.2) is 49.2 Å². The summed E-state index contributed by atoms with van der Waals surface area (Å²) in [5.41, 5.74) is 1.99. The molecule has 3 unspecified atom stereocenters. The third kappa shape index (κ3) is 2.30. The standard InChI is InChI=1S/C20H25N2O/c1-3-14-13-22(2)11-9-15(14)12-19(22)20(23)17-8-10-21-18-7-5-4-6-16(17)18/h3-8,10,14-15,19-20,23H,1,9,11-13H2,2H3/q+1/t14?,15?,19-,20-,22?/m0/s1. The van der Waals surface area contributed by atoms with Crippen LogP contribution in [0.2, 0.25) is 0 Å². The number of aliphatic hydroxyl groups is 1. The minimum Gasteiger partial charge on any atom is -0.382 e. The number of aromatic nitrogens is 1. The number of hydrogen-bond acceptors (Lipinski definition) is 2. The molecule has 5 atom stereocenters. The van der Waals surface area contributed by atoms with Crippen LogP contribution in [0.25, 0.3) is 10.9 Å². The zero-order valence-corrected chi connectivity index (χ0v) is 13.7. The number of benzene rings is 1. The fourth-order valence-electron chi connectivity index (χ4n) is 4.88. The third-order valence-electron chi connectivity index (χ3n) is 6.26. The van der Waals surface area contributed by atoms with Crippen molar-refractivity contribution in [2.45, 2.75) is 25.0 Å². The van der Waals surface area contributed by atoms with E-state index in [9.17, 15) is 5.11 Å². The van der Waals surface area contributed by atoms with E-state index in [-0.39, 0.29) is 6.04 Å². The van der Waals surface area contributed by atoms with Crippen LogP contribution in [0.4, 0.5) is 0 Å². The molecule has 0 radical (unpaired) electrons. The first-order valence-electron chi connectivity index (χ1n) is 8.61. The number of nitrogens with zero attached hydrogens (tertiary/aromatic N) is 2. The summed E-state index contributed by atoms with van der Waals surface area (Å²) in [6, 6.07) is 10.4. The summed E-state index contributed by atoms with van der Waals surface area (Å²) >= 11 is 0. The number of hydrogen-bond donors (Lipinski definition) is 1. The summed E-state index contributed by atoms with van der Waals surface area (Å²) in [7, 11) is 2.31. The Morgan fingerprint density at radius 1 is 1.35 bits per heavy atom. The molecule has 0 amide bonds. The first kappa shape index (κ1) is 14.9. The van der Waals surface area contributed by atoms with Gasteiger partial charge in [0, 0.05) is 30.3 Å². The number of pyridine rings is 1. The van der Waals surface area contributed by atoms with Crippen LogP contribution in [-0.2, 0) is 0 Å². The molecule has 2 aromatic rings. The normalized spacial score (nSPS) is 34.4. The predicted molar refractivity (Wildman–Crippen MR) is 92.8 cm³/mol. The predicted octanol–water partition coefficient (Wildman–Crippen LogP) is 3.31. The molecule has 3 heteroatoms. The van der Waals surface area contributed by atoms with Crippen molar-refractivity contribution in [1.82, 2.24) is 4.98 Å². The van der Waals surface area contributed by atoms with E-state index in [0.717, 1.165) is 33.9 Å². The van der Waals surface area contributed by atoms with Gasteiger partial charge in [-0.3, -0.25) is 4.98 Å². The minimum atomic E-state index is -0.429. The van der Waals surface area contributed by atoms with E-state index in [1.807, 2.05) is 30.5 Å². The van der Waals surface area contributed by atoms with Crippen LogP contribution >= 0.6 is 0 Å². The Morgan fingerprint density at radius 3 is 2.96 bits per heavy atom. The number of piperidine rings is 3. The average molecular weight is 309 g/mol. The highest BCUT2D eigenvalue weighted by molar-refractivity contribution is 5.82. The Morgan fingerprint density at radius 2 is 2.17 bits per heavy atom. The molecule has 4 heterocycles. The van der Waals surface area contributed by atoms with Crippen molar-refractivity contribution in [3.63, 3.8) is 0 Å². The lowest BCUT2D eigenvalue weighted by molar-refractivity contribution is -0.956. The van der Waals surface area contributed by atoms with Gasteiger partial charge in [-0.25, -0.2) is 0 Å². The number of likely N-dealkylation sites (N-methyl/N-ethyl adjacent to an activating group) is 1. The maximum atomic E-state index is 11.2. The van der Waals surface area contributed by atoms with Gasteiger partial charge in [-0.2, -0.15) is 0 Å². The maximum Gasteiger partial charge on any atom is 0.131 e. The van der Waals surface area contributed by atoms with Crippen LogP contribution in [0.1, 0.15) is 24.5 Å². The summed E-state index contributed by atoms with van der Waals surface area (Å²) in [6.07, 6.45) is 5.87. The van der Waals surface area contributed by atoms with Crippen LogP contribution in [0.5, 0.6) is 0 Å². The molecular formula is C20H25N2O+. The molecular weight excluding hydrogens is 284 g/mol. The molecule has 3 saturated heterocycles. The molecule has 5 rings (SSSR count). The maximum absolute atomic E-state index is 11.2. The monoisotopic (exact) mass is 309 g/mol. The number of aliphatic hydroxyl groups excluding tert-OH is 1. The quantitative estimate of drug-likeness (QED) is 0.697. The zero-order valence-electron chi connectivity index (χ0n) is 13.7. The van der Waals surface area contributed by atoms with E-state index in [4.69, 9.17) is 0 Å². The smallest absolute Gasteiger partial charge is 0.131 e. The minimum absolute atomic E-state index is 0.274. The SMILES string of the molecule is C=CC1C[N+]2(C)CCC1C[C@H]2[C@@H](O)c1ccnc2ccccc12. The lowest BCUT2D eigenvalue weighted by Gasteiger charge is -2.56. The second-order valence-corrected chi connectivity index (χ2v) is 7.50. The van der Waals surface area contributed by atoms with Crippen molar-refractivity contribution < 1.29 is 9.59 Å². The van der Waals surface area contributed by atoms with E-state index in [1.54, 1.807) is 0 Å². The Bertz CT molecular complexity index is 738. The molecule has 0 aliphatic carbocycles. The summed E-state index contributed by atoms with van der Waals surface area (Å²) in [4.78, 5) is 4.43.